The number of nitrogens with one attached hydrogen (secondary N) is 1. The van der Waals surface area contributed by atoms with Crippen LogP contribution in [0.4, 0.5) is 17.1 Å². The second-order valence-electron chi connectivity index (χ2n) is 11.2. The largest absolute Gasteiger partial charge is 0.494 e. The fraction of sp³-hybridized carbons (Fsp3) is 0.152. The molecule has 228 valence electrons. The van der Waals surface area contributed by atoms with Gasteiger partial charge in [0, 0.05) is 35.9 Å². The number of nitrogens with zero attached hydrogens (tertiary/aromatic N) is 4. The summed E-state index contributed by atoms with van der Waals surface area (Å²) < 4.78 is 5.41. The minimum absolute atomic E-state index is 0.0103. The molecule has 2 bridgehead atoms. The fourth-order valence-electron chi connectivity index (χ4n) is 7.27. The Hall–Kier alpha value is -6.24. The van der Waals surface area contributed by atoms with Crippen molar-refractivity contribution >= 4 is 41.0 Å². The van der Waals surface area contributed by atoms with Gasteiger partial charge in [0.25, 0.3) is 17.3 Å². The second-order valence-corrected chi connectivity index (χ2v) is 11.2. The monoisotopic (exact) mass is 617 g/mol. The number of hydrazone groups is 1. The second kappa shape index (κ2) is 10.4. The number of nitro groups is 2. The zero-order chi connectivity index (χ0) is 32.3. The first-order chi connectivity index (χ1) is 22.2. The Morgan fingerprint density at radius 2 is 1.50 bits per heavy atom. The quantitative estimate of drug-likeness (QED) is 0.137. The molecule has 13 heteroatoms. The third-order valence-corrected chi connectivity index (χ3v) is 9.05. The minimum Gasteiger partial charge on any atom is -0.494 e. The lowest BCUT2D eigenvalue weighted by Gasteiger charge is -2.52. The van der Waals surface area contributed by atoms with E-state index >= 15 is 0 Å². The highest BCUT2D eigenvalue weighted by Gasteiger charge is 2.68. The van der Waals surface area contributed by atoms with Crippen molar-refractivity contribution < 1.29 is 29.0 Å². The summed E-state index contributed by atoms with van der Waals surface area (Å²) >= 11 is 0. The SMILES string of the molecule is COc1cc([N+](=O)[O-])ccc1N1C(=O)[C@@H]2C3c4ccccc4C(/C=N\NC(=O)c4cccc([N+](=O)[O-])c4)(c4ccccc43)[C@H]2C1=O. The predicted molar refractivity (Wildman–Crippen MR) is 164 cm³/mol. The number of benzene rings is 4. The molecule has 3 amide bonds. The van der Waals surface area contributed by atoms with Crippen molar-refractivity contribution in [3.63, 3.8) is 0 Å². The molecule has 0 spiro atoms. The number of nitro benzene ring substituents is 2. The lowest BCUT2D eigenvalue weighted by molar-refractivity contribution is -0.385. The van der Waals surface area contributed by atoms with E-state index in [-0.39, 0.29) is 28.4 Å². The molecule has 4 aromatic carbocycles. The van der Waals surface area contributed by atoms with Crippen LogP contribution in [-0.2, 0) is 15.0 Å². The van der Waals surface area contributed by atoms with Crippen LogP contribution in [0.25, 0.3) is 0 Å². The van der Waals surface area contributed by atoms with Crippen molar-refractivity contribution in [2.24, 2.45) is 16.9 Å². The van der Waals surface area contributed by atoms with Crippen molar-refractivity contribution in [1.82, 2.24) is 5.43 Å². The van der Waals surface area contributed by atoms with E-state index < -0.39 is 50.7 Å². The van der Waals surface area contributed by atoms with Gasteiger partial charge in [-0.2, -0.15) is 5.10 Å². The van der Waals surface area contributed by atoms with Gasteiger partial charge in [0.1, 0.15) is 5.75 Å². The van der Waals surface area contributed by atoms with Crippen molar-refractivity contribution in [3.8, 4) is 5.75 Å². The molecular formula is C33H23N5O8. The van der Waals surface area contributed by atoms with Crippen LogP contribution >= 0.6 is 0 Å². The first kappa shape index (κ1) is 28.5. The third-order valence-electron chi connectivity index (χ3n) is 9.05. The molecule has 0 saturated carbocycles. The number of hydrogen-bond acceptors (Lipinski definition) is 9. The molecule has 1 fully saturated rings. The first-order valence-electron chi connectivity index (χ1n) is 14.2. The number of carbonyl (C=O) groups is 3. The Morgan fingerprint density at radius 3 is 2.13 bits per heavy atom. The van der Waals surface area contributed by atoms with Gasteiger partial charge in [0.15, 0.2) is 0 Å². The Bertz CT molecular complexity index is 1990. The van der Waals surface area contributed by atoms with Crippen molar-refractivity contribution in [2.45, 2.75) is 11.3 Å². The van der Waals surface area contributed by atoms with E-state index in [1.54, 1.807) is 0 Å². The third kappa shape index (κ3) is 3.94. The summed E-state index contributed by atoms with van der Waals surface area (Å²) in [6.07, 6.45) is 1.47. The molecule has 46 heavy (non-hydrogen) atoms. The van der Waals surface area contributed by atoms with Gasteiger partial charge < -0.3 is 4.74 Å². The molecule has 1 aliphatic heterocycles. The number of non-ortho nitro benzene ring substituents is 2. The number of hydrogen-bond donors (Lipinski definition) is 1. The fourth-order valence-corrected chi connectivity index (χ4v) is 7.27. The molecule has 3 aliphatic carbocycles. The van der Waals surface area contributed by atoms with Crippen LogP contribution in [0.1, 0.15) is 38.5 Å². The number of anilines is 1. The number of rotatable bonds is 7. The van der Waals surface area contributed by atoms with Crippen LogP contribution in [0.3, 0.4) is 0 Å². The molecule has 4 aromatic rings. The molecule has 13 nitrogen and oxygen atoms in total. The van der Waals surface area contributed by atoms with Crippen LogP contribution in [-0.4, -0.2) is 40.9 Å². The van der Waals surface area contributed by atoms with E-state index in [0.29, 0.717) is 0 Å². The highest BCUT2D eigenvalue weighted by atomic mass is 16.6. The zero-order valence-corrected chi connectivity index (χ0v) is 24.0. The summed E-state index contributed by atoms with van der Waals surface area (Å²) in [6, 6.07) is 23.8. The molecule has 2 atom stereocenters. The highest BCUT2D eigenvalue weighted by molar-refractivity contribution is 6.25. The van der Waals surface area contributed by atoms with E-state index in [0.717, 1.165) is 39.3 Å². The van der Waals surface area contributed by atoms with Gasteiger partial charge in [0.2, 0.25) is 11.8 Å². The number of carbonyl (C=O) groups excluding carboxylic acids is 3. The molecule has 1 saturated heterocycles. The normalized spacial score (nSPS) is 22.3. The van der Waals surface area contributed by atoms with Gasteiger partial charge in [-0.3, -0.25) is 34.6 Å². The standard InChI is InChI=1S/C33H23N5O8/c1-46-26-16-20(38(44)45)13-14-25(26)36-31(40)28-27-21-9-2-4-11-23(21)33(29(28)32(36)41,24-12-5-3-10-22(24)27)17-34-35-30(39)18-7-6-8-19(15-18)37(42)43/h2-17,27-29H,1H3,(H,35,39)/b34-17-/t27?,28-,29-,33?/m1/s1. The Morgan fingerprint density at radius 1 is 0.870 bits per heavy atom. The average molecular weight is 618 g/mol. The van der Waals surface area contributed by atoms with Crippen LogP contribution in [0, 0.1) is 32.1 Å². The molecular weight excluding hydrogens is 594 g/mol. The molecule has 0 radical (unpaired) electrons. The maximum Gasteiger partial charge on any atom is 0.273 e. The number of ether oxygens (including phenoxy) is 1. The van der Waals surface area contributed by atoms with Gasteiger partial charge in [-0.25, -0.2) is 10.3 Å². The molecule has 1 heterocycles. The summed E-state index contributed by atoms with van der Waals surface area (Å²) in [6.45, 7) is 0. The summed E-state index contributed by atoms with van der Waals surface area (Å²) in [4.78, 5) is 64.5. The number of amides is 3. The van der Waals surface area contributed by atoms with Gasteiger partial charge in [-0.15, -0.1) is 0 Å². The van der Waals surface area contributed by atoms with Gasteiger partial charge in [-0.1, -0.05) is 54.6 Å². The van der Waals surface area contributed by atoms with E-state index in [4.69, 9.17) is 4.74 Å². The van der Waals surface area contributed by atoms with Crippen molar-refractivity contribution in [3.05, 3.63) is 139 Å². The smallest absolute Gasteiger partial charge is 0.273 e. The minimum atomic E-state index is -1.31. The van der Waals surface area contributed by atoms with Gasteiger partial charge in [0.05, 0.1) is 46.0 Å². The number of methoxy groups -OCH3 is 1. The van der Waals surface area contributed by atoms with Gasteiger partial charge >= 0.3 is 0 Å². The maximum atomic E-state index is 14.6. The van der Waals surface area contributed by atoms with Crippen LogP contribution in [0.5, 0.6) is 5.75 Å². The zero-order valence-electron chi connectivity index (χ0n) is 24.0. The average Bonchev–Trinajstić information content (AvgIpc) is 3.34. The van der Waals surface area contributed by atoms with E-state index in [2.05, 4.69) is 10.5 Å². The highest BCUT2D eigenvalue weighted by Crippen LogP contribution is 2.64. The summed E-state index contributed by atoms with van der Waals surface area (Å²) in [5.41, 5.74) is 3.86. The molecule has 4 aliphatic rings. The van der Waals surface area contributed by atoms with E-state index in [9.17, 15) is 34.6 Å². The molecule has 8 rings (SSSR count). The van der Waals surface area contributed by atoms with Crippen molar-refractivity contribution in [1.29, 1.82) is 0 Å². The van der Waals surface area contributed by atoms with Crippen molar-refractivity contribution in [2.75, 3.05) is 12.0 Å². The molecule has 1 N–H and O–H groups in total. The van der Waals surface area contributed by atoms with Crippen LogP contribution in [0.15, 0.2) is 96.1 Å². The Labute approximate surface area is 260 Å². The predicted octanol–water partition coefficient (Wildman–Crippen LogP) is 4.48. The topological polar surface area (TPSA) is 174 Å². The lowest BCUT2D eigenvalue weighted by Crippen LogP contribution is -2.54. The van der Waals surface area contributed by atoms with Crippen LogP contribution < -0.4 is 15.1 Å². The maximum absolute atomic E-state index is 14.6. The number of imide groups is 1. The first-order valence-corrected chi connectivity index (χ1v) is 14.2. The molecule has 0 aromatic heterocycles. The Balaban J connectivity index is 1.38. The summed E-state index contributed by atoms with van der Waals surface area (Å²) in [7, 11) is 1.30. The van der Waals surface area contributed by atoms with Gasteiger partial charge in [-0.05, 0) is 34.4 Å². The molecule has 0 unspecified atom stereocenters. The Kier molecular flexibility index (Phi) is 6.47. The lowest BCUT2D eigenvalue weighted by atomic mass is 9.47. The van der Waals surface area contributed by atoms with E-state index in [1.165, 1.54) is 43.7 Å². The summed E-state index contributed by atoms with van der Waals surface area (Å²) in [5, 5.41) is 27.0. The van der Waals surface area contributed by atoms with Crippen LogP contribution in [0.2, 0.25) is 0 Å². The van der Waals surface area contributed by atoms with E-state index in [1.807, 2.05) is 48.5 Å². The summed E-state index contributed by atoms with van der Waals surface area (Å²) in [5.74, 6) is -4.09.